The van der Waals surface area contributed by atoms with Crippen molar-refractivity contribution in [3.8, 4) is 0 Å². The molecule has 2 nitrogen and oxygen atoms in total. The summed E-state index contributed by atoms with van der Waals surface area (Å²) < 4.78 is 6.08. The van der Waals surface area contributed by atoms with Gasteiger partial charge >= 0.3 is 0 Å². The molecule has 1 unspecified atom stereocenters. The van der Waals surface area contributed by atoms with E-state index in [-0.39, 0.29) is 5.60 Å². The smallest absolute Gasteiger partial charge is 0.108 e. The second-order valence-corrected chi connectivity index (χ2v) is 6.76. The average Bonchev–Trinajstić information content (AvgIpc) is 2.46. The minimum absolute atomic E-state index is 0.356. The molecule has 1 aromatic rings. The number of aliphatic hydroxyl groups is 1. The number of ether oxygens (including phenoxy) is 1. The highest BCUT2D eigenvalue weighted by Gasteiger charge is 2.40. The summed E-state index contributed by atoms with van der Waals surface area (Å²) in [5.74, 6) is 0.714. The van der Waals surface area contributed by atoms with Crippen LogP contribution in [-0.4, -0.2) is 17.3 Å². The third-order valence-electron chi connectivity index (χ3n) is 5.43. The van der Waals surface area contributed by atoms with Crippen molar-refractivity contribution in [3.63, 3.8) is 0 Å². The molecule has 2 aliphatic rings. The number of rotatable bonds is 5. The van der Waals surface area contributed by atoms with Crippen LogP contribution in [-0.2, 0) is 4.74 Å². The molecule has 2 fully saturated rings. The molecule has 2 aliphatic carbocycles. The fraction of sp³-hybridized carbons (Fsp3) is 0.684. The topological polar surface area (TPSA) is 29.5 Å². The predicted octanol–water partition coefficient (Wildman–Crippen LogP) is 4.73. The van der Waals surface area contributed by atoms with Gasteiger partial charge in [0.05, 0.1) is 5.60 Å². The average molecular weight is 288 g/mol. The van der Waals surface area contributed by atoms with E-state index < -0.39 is 6.10 Å². The summed E-state index contributed by atoms with van der Waals surface area (Å²) in [5.41, 5.74) is 2.10. The van der Waals surface area contributed by atoms with Crippen LogP contribution in [0.1, 0.15) is 81.4 Å². The maximum Gasteiger partial charge on any atom is 0.108 e. The summed E-state index contributed by atoms with van der Waals surface area (Å²) in [6.07, 6.45) is 9.03. The molecule has 0 bridgehead atoms. The van der Waals surface area contributed by atoms with E-state index in [4.69, 9.17) is 4.74 Å². The molecule has 0 aromatic heterocycles. The Hall–Kier alpha value is -0.860. The molecule has 0 heterocycles. The van der Waals surface area contributed by atoms with Crippen LogP contribution in [0, 0.1) is 0 Å². The lowest BCUT2D eigenvalue weighted by Crippen LogP contribution is -2.41. The van der Waals surface area contributed by atoms with Crippen molar-refractivity contribution >= 4 is 0 Å². The van der Waals surface area contributed by atoms with E-state index in [1.807, 2.05) is 6.92 Å². The van der Waals surface area contributed by atoms with Gasteiger partial charge in [0.25, 0.3) is 0 Å². The Bertz CT molecular complexity index is 453. The van der Waals surface area contributed by atoms with Crippen LogP contribution in [0.15, 0.2) is 24.3 Å². The molecule has 0 amide bonds. The van der Waals surface area contributed by atoms with Crippen LogP contribution < -0.4 is 0 Å². The molecule has 0 saturated heterocycles. The third kappa shape index (κ3) is 3.02. The van der Waals surface area contributed by atoms with E-state index in [1.165, 1.54) is 44.1 Å². The van der Waals surface area contributed by atoms with Gasteiger partial charge in [0.1, 0.15) is 6.10 Å². The van der Waals surface area contributed by atoms with Gasteiger partial charge in [0.15, 0.2) is 0 Å². The molecule has 1 atom stereocenters. The highest BCUT2D eigenvalue weighted by Crippen LogP contribution is 2.43. The zero-order valence-corrected chi connectivity index (χ0v) is 13.2. The van der Waals surface area contributed by atoms with Crippen molar-refractivity contribution in [2.24, 2.45) is 0 Å². The Morgan fingerprint density at radius 1 is 1.19 bits per heavy atom. The van der Waals surface area contributed by atoms with Crippen LogP contribution in [0.25, 0.3) is 0 Å². The first-order valence-electron chi connectivity index (χ1n) is 8.67. The van der Waals surface area contributed by atoms with Crippen LogP contribution in [0.4, 0.5) is 0 Å². The molecule has 21 heavy (non-hydrogen) atoms. The highest BCUT2D eigenvalue weighted by atomic mass is 16.5. The largest absolute Gasteiger partial charge is 0.385 e. The first-order valence-corrected chi connectivity index (χ1v) is 8.67. The number of aliphatic hydroxyl groups excluding tert-OH is 1. The van der Waals surface area contributed by atoms with Crippen molar-refractivity contribution in [3.05, 3.63) is 35.4 Å². The summed E-state index contributed by atoms with van der Waals surface area (Å²) in [7, 11) is 0. The van der Waals surface area contributed by atoms with Crippen LogP contribution in [0.2, 0.25) is 0 Å². The zero-order valence-electron chi connectivity index (χ0n) is 13.2. The lowest BCUT2D eigenvalue weighted by Gasteiger charge is -2.41. The van der Waals surface area contributed by atoms with E-state index in [9.17, 15) is 5.11 Å². The molecule has 1 N–H and O–H groups in total. The minimum Gasteiger partial charge on any atom is -0.385 e. The quantitative estimate of drug-likeness (QED) is 0.849. The second-order valence-electron chi connectivity index (χ2n) is 6.76. The first kappa shape index (κ1) is 15.1. The van der Waals surface area contributed by atoms with E-state index >= 15 is 0 Å². The van der Waals surface area contributed by atoms with Gasteiger partial charge in [-0.15, -0.1) is 0 Å². The molecule has 2 saturated carbocycles. The number of benzene rings is 1. The zero-order chi connectivity index (χ0) is 14.7. The summed E-state index contributed by atoms with van der Waals surface area (Å²) in [5, 5.41) is 11.0. The normalized spacial score (nSPS) is 23.5. The third-order valence-corrected chi connectivity index (χ3v) is 5.43. The molecule has 0 aliphatic heterocycles. The first-order chi connectivity index (χ1) is 10.2. The maximum absolute atomic E-state index is 11.0. The van der Waals surface area contributed by atoms with E-state index in [0.29, 0.717) is 12.5 Å². The fourth-order valence-electron chi connectivity index (χ4n) is 3.96. The Kier molecular flexibility index (Phi) is 4.66. The van der Waals surface area contributed by atoms with E-state index in [1.54, 1.807) is 0 Å². The lowest BCUT2D eigenvalue weighted by molar-refractivity contribution is -0.141. The number of hydrogen-bond acceptors (Lipinski definition) is 2. The maximum atomic E-state index is 11.0. The van der Waals surface area contributed by atoms with Gasteiger partial charge < -0.3 is 9.84 Å². The SMILES string of the molecule is CCOC1(C(O)c2cccc(C3CCC3)c2)CCCCC1. The fourth-order valence-corrected chi connectivity index (χ4v) is 3.96. The molecular weight excluding hydrogens is 260 g/mol. The summed E-state index contributed by atoms with van der Waals surface area (Å²) in [6.45, 7) is 2.72. The molecule has 3 rings (SSSR count). The van der Waals surface area contributed by atoms with Crippen LogP contribution in [0.3, 0.4) is 0 Å². The van der Waals surface area contributed by atoms with Gasteiger partial charge in [-0.25, -0.2) is 0 Å². The van der Waals surface area contributed by atoms with Crippen LogP contribution >= 0.6 is 0 Å². The highest BCUT2D eigenvalue weighted by molar-refractivity contribution is 5.30. The molecule has 2 heteroatoms. The summed E-state index contributed by atoms with van der Waals surface area (Å²) in [4.78, 5) is 0. The van der Waals surface area contributed by atoms with Crippen molar-refractivity contribution in [2.75, 3.05) is 6.61 Å². The predicted molar refractivity (Wildman–Crippen MR) is 85.4 cm³/mol. The molecule has 0 radical (unpaired) electrons. The van der Waals surface area contributed by atoms with E-state index in [2.05, 4.69) is 24.3 Å². The Balaban J connectivity index is 1.83. The lowest BCUT2D eigenvalue weighted by atomic mass is 9.76. The Morgan fingerprint density at radius 3 is 2.57 bits per heavy atom. The summed E-state index contributed by atoms with van der Waals surface area (Å²) in [6, 6.07) is 8.62. The van der Waals surface area contributed by atoms with Gasteiger partial charge in [-0.3, -0.25) is 0 Å². The van der Waals surface area contributed by atoms with Gasteiger partial charge in [-0.05, 0) is 49.7 Å². The van der Waals surface area contributed by atoms with Crippen molar-refractivity contribution in [2.45, 2.75) is 75.9 Å². The van der Waals surface area contributed by atoms with Gasteiger partial charge in [0.2, 0.25) is 0 Å². The van der Waals surface area contributed by atoms with Crippen molar-refractivity contribution in [1.82, 2.24) is 0 Å². The van der Waals surface area contributed by atoms with Gasteiger partial charge in [0, 0.05) is 6.61 Å². The monoisotopic (exact) mass is 288 g/mol. The Morgan fingerprint density at radius 2 is 1.95 bits per heavy atom. The minimum atomic E-state index is -0.488. The van der Waals surface area contributed by atoms with E-state index in [0.717, 1.165) is 18.4 Å². The van der Waals surface area contributed by atoms with Gasteiger partial charge in [-0.2, -0.15) is 0 Å². The molecular formula is C19H28O2. The van der Waals surface area contributed by atoms with Crippen LogP contribution in [0.5, 0.6) is 0 Å². The standard InChI is InChI=1S/C19H28O2/c1-2-21-19(12-4-3-5-13-19)18(20)17-11-7-10-16(14-17)15-8-6-9-15/h7,10-11,14-15,18,20H,2-6,8-9,12-13H2,1H3. The summed E-state index contributed by atoms with van der Waals surface area (Å²) >= 11 is 0. The second kappa shape index (κ2) is 6.50. The van der Waals surface area contributed by atoms with Crippen molar-refractivity contribution < 1.29 is 9.84 Å². The molecule has 0 spiro atoms. The van der Waals surface area contributed by atoms with Gasteiger partial charge in [-0.1, -0.05) is 49.9 Å². The molecule has 1 aromatic carbocycles. The van der Waals surface area contributed by atoms with Crippen molar-refractivity contribution in [1.29, 1.82) is 0 Å². The molecule has 116 valence electrons. The Labute approximate surface area is 128 Å². The number of hydrogen-bond donors (Lipinski definition) is 1.